The molecule has 1 atom stereocenters. The summed E-state index contributed by atoms with van der Waals surface area (Å²) in [5.74, 6) is 0.581. The van der Waals surface area contributed by atoms with Crippen LogP contribution in [0.25, 0.3) is 0 Å². The fourth-order valence-corrected chi connectivity index (χ4v) is 2.51. The monoisotopic (exact) mass is 221 g/mol. The Balaban J connectivity index is 2.35. The fourth-order valence-electron chi connectivity index (χ4n) is 2.51. The fraction of sp³-hybridized carbons (Fsp3) is 0.667. The minimum atomic E-state index is -0.242. The molecule has 1 aromatic heterocycles. The van der Waals surface area contributed by atoms with E-state index in [2.05, 4.69) is 24.3 Å². The van der Waals surface area contributed by atoms with Crippen LogP contribution >= 0.6 is 0 Å². The molecule has 16 heavy (non-hydrogen) atoms. The quantitative estimate of drug-likeness (QED) is 0.781. The van der Waals surface area contributed by atoms with E-state index in [1.807, 2.05) is 13.1 Å². The number of hydrogen-bond acceptors (Lipinski definition) is 3. The van der Waals surface area contributed by atoms with E-state index in [0.29, 0.717) is 5.92 Å². The zero-order chi connectivity index (χ0) is 11.8. The van der Waals surface area contributed by atoms with Crippen LogP contribution in [0.3, 0.4) is 0 Å². The van der Waals surface area contributed by atoms with Gasteiger partial charge in [0.2, 0.25) is 0 Å². The molecule has 88 valence electrons. The summed E-state index contributed by atoms with van der Waals surface area (Å²) >= 11 is 0. The normalized spacial score (nSPS) is 25.2. The molecule has 1 saturated heterocycles. The van der Waals surface area contributed by atoms with Crippen molar-refractivity contribution in [3.63, 3.8) is 0 Å². The summed E-state index contributed by atoms with van der Waals surface area (Å²) < 4.78 is 1.67. The van der Waals surface area contributed by atoms with Crippen molar-refractivity contribution in [3.8, 4) is 0 Å². The van der Waals surface area contributed by atoms with Gasteiger partial charge in [-0.1, -0.05) is 13.8 Å². The van der Waals surface area contributed by atoms with Gasteiger partial charge in [-0.15, -0.1) is 0 Å². The molecule has 4 heteroatoms. The molecular formula is C12H19N3O. The van der Waals surface area contributed by atoms with Crippen LogP contribution in [0.4, 0.5) is 0 Å². The van der Waals surface area contributed by atoms with Gasteiger partial charge in [0.1, 0.15) is 5.69 Å². The maximum absolute atomic E-state index is 12.6. The maximum Gasteiger partial charge on any atom is 0.188 e. The molecule has 0 amide bonds. The van der Waals surface area contributed by atoms with E-state index in [0.717, 1.165) is 25.2 Å². The second kappa shape index (κ2) is 4.01. The number of aryl methyl sites for hydroxylation is 1. The van der Waals surface area contributed by atoms with E-state index in [4.69, 9.17) is 0 Å². The molecular weight excluding hydrogens is 202 g/mol. The van der Waals surface area contributed by atoms with Crippen LogP contribution < -0.4 is 5.32 Å². The van der Waals surface area contributed by atoms with Crippen molar-refractivity contribution in [1.29, 1.82) is 0 Å². The maximum atomic E-state index is 12.6. The standard InChI is InChI=1S/C12H19N3O/c1-9(2)12(5-7-13-8-12)11(16)10-4-6-14-15(10)3/h4,6,9,13H,5,7-8H2,1-3H3. The molecule has 0 aliphatic carbocycles. The van der Waals surface area contributed by atoms with Gasteiger partial charge in [-0.25, -0.2) is 0 Å². The van der Waals surface area contributed by atoms with Gasteiger partial charge in [0.25, 0.3) is 0 Å². The highest BCUT2D eigenvalue weighted by Gasteiger charge is 2.44. The van der Waals surface area contributed by atoms with E-state index >= 15 is 0 Å². The molecule has 1 N–H and O–H groups in total. The van der Waals surface area contributed by atoms with Crippen LogP contribution in [-0.2, 0) is 7.05 Å². The summed E-state index contributed by atoms with van der Waals surface area (Å²) in [4.78, 5) is 12.6. The molecule has 2 heterocycles. The second-order valence-electron chi connectivity index (χ2n) is 4.91. The van der Waals surface area contributed by atoms with E-state index in [9.17, 15) is 4.79 Å². The van der Waals surface area contributed by atoms with E-state index < -0.39 is 0 Å². The van der Waals surface area contributed by atoms with E-state index in [-0.39, 0.29) is 11.2 Å². The van der Waals surface area contributed by atoms with Gasteiger partial charge in [0.15, 0.2) is 5.78 Å². The van der Waals surface area contributed by atoms with Crippen LogP contribution in [0.1, 0.15) is 30.8 Å². The zero-order valence-corrected chi connectivity index (χ0v) is 10.2. The second-order valence-corrected chi connectivity index (χ2v) is 4.91. The number of ketones is 1. The van der Waals surface area contributed by atoms with Crippen molar-refractivity contribution in [2.75, 3.05) is 13.1 Å². The number of carbonyl (C=O) groups is 1. The number of aromatic nitrogens is 2. The number of Topliss-reactive ketones (excluding diaryl/α,β-unsaturated/α-hetero) is 1. The van der Waals surface area contributed by atoms with Gasteiger partial charge in [-0.2, -0.15) is 5.10 Å². The Morgan fingerprint density at radius 2 is 2.38 bits per heavy atom. The zero-order valence-electron chi connectivity index (χ0n) is 10.2. The van der Waals surface area contributed by atoms with Crippen LogP contribution in [0, 0.1) is 11.3 Å². The van der Waals surface area contributed by atoms with Crippen LogP contribution in [0.5, 0.6) is 0 Å². The SMILES string of the molecule is CC(C)C1(C(=O)c2ccnn2C)CCNC1. The summed E-state index contributed by atoms with van der Waals surface area (Å²) in [6.45, 7) is 5.97. The Morgan fingerprint density at radius 3 is 2.81 bits per heavy atom. The van der Waals surface area contributed by atoms with Gasteiger partial charge in [0, 0.05) is 19.8 Å². The van der Waals surface area contributed by atoms with Gasteiger partial charge >= 0.3 is 0 Å². The van der Waals surface area contributed by atoms with Crippen molar-refractivity contribution >= 4 is 5.78 Å². The number of hydrogen-bond donors (Lipinski definition) is 1. The highest BCUT2D eigenvalue weighted by atomic mass is 16.1. The molecule has 1 aliphatic heterocycles. The summed E-state index contributed by atoms with van der Waals surface area (Å²) in [5, 5.41) is 7.38. The smallest absolute Gasteiger partial charge is 0.188 e. The summed E-state index contributed by atoms with van der Waals surface area (Å²) in [6, 6.07) is 1.81. The first-order valence-corrected chi connectivity index (χ1v) is 5.81. The number of nitrogens with zero attached hydrogens (tertiary/aromatic N) is 2. The molecule has 0 radical (unpaired) electrons. The molecule has 4 nitrogen and oxygen atoms in total. The molecule has 0 saturated carbocycles. The highest BCUT2D eigenvalue weighted by Crippen LogP contribution is 2.37. The Hall–Kier alpha value is -1.16. The first-order valence-electron chi connectivity index (χ1n) is 5.81. The molecule has 1 fully saturated rings. The topological polar surface area (TPSA) is 46.9 Å². The minimum absolute atomic E-state index is 0.229. The predicted molar refractivity (Wildman–Crippen MR) is 62.3 cm³/mol. The summed E-state index contributed by atoms with van der Waals surface area (Å²) in [5.41, 5.74) is 0.478. The average Bonchev–Trinajstić information content (AvgIpc) is 2.85. The lowest BCUT2D eigenvalue weighted by molar-refractivity contribution is 0.0729. The number of nitrogens with one attached hydrogen (secondary N) is 1. The van der Waals surface area contributed by atoms with Crippen LogP contribution in [0.15, 0.2) is 12.3 Å². The van der Waals surface area contributed by atoms with Gasteiger partial charge in [0.05, 0.1) is 5.41 Å². The van der Waals surface area contributed by atoms with Gasteiger partial charge in [-0.3, -0.25) is 9.48 Å². The van der Waals surface area contributed by atoms with Gasteiger partial charge in [-0.05, 0) is 24.9 Å². The highest BCUT2D eigenvalue weighted by molar-refractivity contribution is 5.99. The average molecular weight is 221 g/mol. The summed E-state index contributed by atoms with van der Waals surface area (Å²) in [7, 11) is 1.82. The third-order valence-electron chi connectivity index (χ3n) is 3.80. The van der Waals surface area contributed by atoms with Crippen molar-refractivity contribution in [2.24, 2.45) is 18.4 Å². The largest absolute Gasteiger partial charge is 0.316 e. The van der Waals surface area contributed by atoms with Crippen molar-refractivity contribution in [2.45, 2.75) is 20.3 Å². The lowest BCUT2D eigenvalue weighted by atomic mass is 9.72. The molecule has 0 spiro atoms. The molecule has 0 bridgehead atoms. The van der Waals surface area contributed by atoms with Gasteiger partial charge < -0.3 is 5.32 Å². The molecule has 1 aliphatic rings. The molecule has 0 aromatic carbocycles. The van der Waals surface area contributed by atoms with Crippen LogP contribution in [0.2, 0.25) is 0 Å². The lowest BCUT2D eigenvalue weighted by Gasteiger charge is -2.30. The Morgan fingerprint density at radius 1 is 1.62 bits per heavy atom. The minimum Gasteiger partial charge on any atom is -0.316 e. The van der Waals surface area contributed by atoms with E-state index in [1.54, 1.807) is 10.9 Å². The Bertz CT molecular complexity index is 389. The van der Waals surface area contributed by atoms with Crippen molar-refractivity contribution < 1.29 is 4.79 Å². The van der Waals surface area contributed by atoms with Crippen LogP contribution in [-0.4, -0.2) is 28.7 Å². The predicted octanol–water partition coefficient (Wildman–Crippen LogP) is 1.24. The number of carbonyl (C=O) groups excluding carboxylic acids is 1. The Kier molecular flexibility index (Phi) is 2.84. The summed E-state index contributed by atoms with van der Waals surface area (Å²) in [6.07, 6.45) is 2.61. The van der Waals surface area contributed by atoms with E-state index in [1.165, 1.54) is 0 Å². The van der Waals surface area contributed by atoms with Crippen molar-refractivity contribution in [3.05, 3.63) is 18.0 Å². The first kappa shape index (κ1) is 11.3. The first-order chi connectivity index (χ1) is 7.58. The lowest BCUT2D eigenvalue weighted by Crippen LogP contribution is -2.39. The third-order valence-corrected chi connectivity index (χ3v) is 3.80. The molecule has 1 unspecified atom stereocenters. The Labute approximate surface area is 96.0 Å². The van der Waals surface area contributed by atoms with Crippen molar-refractivity contribution in [1.82, 2.24) is 15.1 Å². The number of rotatable bonds is 3. The third kappa shape index (κ3) is 1.57. The molecule has 2 rings (SSSR count). The molecule has 1 aromatic rings.